The maximum absolute atomic E-state index is 15.0. The van der Waals surface area contributed by atoms with Crippen LogP contribution < -0.4 is 0 Å². The zero-order chi connectivity index (χ0) is 24.9. The van der Waals surface area contributed by atoms with Crippen molar-refractivity contribution in [1.82, 2.24) is 4.98 Å². The topological polar surface area (TPSA) is 39.2 Å². The van der Waals surface area contributed by atoms with Crippen LogP contribution in [0.3, 0.4) is 0 Å². The molecule has 4 rings (SSSR count). The summed E-state index contributed by atoms with van der Waals surface area (Å²) < 4.78 is 35.6. The van der Waals surface area contributed by atoms with E-state index in [1.165, 1.54) is 5.57 Å². The second-order valence-corrected chi connectivity index (χ2v) is 10.6. The number of esters is 1. The van der Waals surface area contributed by atoms with Gasteiger partial charge < -0.3 is 4.74 Å². The first-order valence-electron chi connectivity index (χ1n) is 11.9. The van der Waals surface area contributed by atoms with Gasteiger partial charge in [0.2, 0.25) is 0 Å². The Morgan fingerprint density at radius 3 is 2.65 bits per heavy atom. The maximum Gasteiger partial charge on any atom is 0.313 e. The number of allylic oxidation sites excluding steroid dienone is 7. The molecule has 2 unspecified atom stereocenters. The highest BCUT2D eigenvalue weighted by molar-refractivity contribution is 6.37. The van der Waals surface area contributed by atoms with E-state index in [4.69, 9.17) is 16.3 Å². The zero-order valence-corrected chi connectivity index (χ0v) is 21.1. The first-order chi connectivity index (χ1) is 16.0. The van der Waals surface area contributed by atoms with Crippen molar-refractivity contribution in [1.29, 1.82) is 0 Å². The monoisotopic (exact) mass is 487 g/mol. The fourth-order valence-corrected chi connectivity index (χ4v) is 6.26. The van der Waals surface area contributed by atoms with Crippen LogP contribution in [0.25, 0.3) is 11.6 Å². The summed E-state index contributed by atoms with van der Waals surface area (Å²) in [5, 5.41) is 0.753. The van der Waals surface area contributed by atoms with E-state index >= 15 is 8.78 Å². The van der Waals surface area contributed by atoms with Crippen molar-refractivity contribution in [3.63, 3.8) is 0 Å². The second-order valence-electron chi connectivity index (χ2n) is 10.2. The Morgan fingerprint density at radius 2 is 2.00 bits per heavy atom. The van der Waals surface area contributed by atoms with Crippen molar-refractivity contribution in [3.8, 4) is 0 Å². The summed E-state index contributed by atoms with van der Waals surface area (Å²) in [6.07, 6.45) is 12.2. The van der Waals surface area contributed by atoms with Crippen molar-refractivity contribution < 1.29 is 18.3 Å². The summed E-state index contributed by atoms with van der Waals surface area (Å²) in [6, 6.07) is 3.81. The van der Waals surface area contributed by atoms with Gasteiger partial charge in [-0.15, -0.1) is 0 Å². The Kier molecular flexibility index (Phi) is 6.39. The minimum atomic E-state index is -2.97. The standard InChI is InChI=1S/C28H32ClF2NO2/c1-6-19-9-7-8-10-22(24(19)29)20-11-12-21(32-15-20)13-14-23-17(2)28(30,31)16-26(4)25(33)34-18(3)27(23,26)5/h7-8,10-15,17-18,23H,6,9,16H2,1-5H3/b14-13+/t17?,18-,23+,26?,27+/m1/s1. The number of fused-ring (bicyclic) bond motifs is 1. The summed E-state index contributed by atoms with van der Waals surface area (Å²) in [6.45, 7) is 9.00. The lowest BCUT2D eigenvalue weighted by molar-refractivity contribution is -0.186. The van der Waals surface area contributed by atoms with Crippen LogP contribution in [0, 0.1) is 22.7 Å². The maximum atomic E-state index is 15.0. The van der Waals surface area contributed by atoms with Crippen molar-refractivity contribution in [3.05, 3.63) is 64.5 Å². The van der Waals surface area contributed by atoms with Gasteiger partial charge in [0.15, 0.2) is 0 Å². The highest BCUT2D eigenvalue weighted by Crippen LogP contribution is 2.66. The smallest absolute Gasteiger partial charge is 0.313 e. The molecule has 3 nitrogen and oxygen atoms in total. The summed E-state index contributed by atoms with van der Waals surface area (Å²) in [5.74, 6) is -4.98. The van der Waals surface area contributed by atoms with Gasteiger partial charge in [0.1, 0.15) is 6.10 Å². The van der Waals surface area contributed by atoms with Gasteiger partial charge in [0, 0.05) is 40.1 Å². The van der Waals surface area contributed by atoms with Gasteiger partial charge in [0.25, 0.3) is 5.92 Å². The number of cyclic esters (lactones) is 1. The normalized spacial score (nSPS) is 35.2. The molecule has 0 bridgehead atoms. The largest absolute Gasteiger partial charge is 0.462 e. The fourth-order valence-electron chi connectivity index (χ4n) is 5.88. The predicted octanol–water partition coefficient (Wildman–Crippen LogP) is 7.59. The quantitative estimate of drug-likeness (QED) is 0.410. The molecule has 34 heavy (non-hydrogen) atoms. The van der Waals surface area contributed by atoms with E-state index in [1.54, 1.807) is 32.2 Å². The lowest BCUT2D eigenvalue weighted by Crippen LogP contribution is -2.58. The summed E-state index contributed by atoms with van der Waals surface area (Å²) in [5.41, 5.74) is 1.68. The molecule has 6 heteroatoms. The number of rotatable bonds is 4. The van der Waals surface area contributed by atoms with E-state index in [0.717, 1.165) is 29.0 Å². The van der Waals surface area contributed by atoms with Crippen LogP contribution in [0.15, 0.2) is 53.2 Å². The third-order valence-electron chi connectivity index (χ3n) is 8.56. The van der Waals surface area contributed by atoms with E-state index in [-0.39, 0.29) is 0 Å². The summed E-state index contributed by atoms with van der Waals surface area (Å²) >= 11 is 6.66. The summed E-state index contributed by atoms with van der Waals surface area (Å²) in [7, 11) is 0. The van der Waals surface area contributed by atoms with Gasteiger partial charge in [-0.25, -0.2) is 8.78 Å². The summed E-state index contributed by atoms with van der Waals surface area (Å²) in [4.78, 5) is 17.2. The van der Waals surface area contributed by atoms with Crippen LogP contribution in [0.2, 0.25) is 0 Å². The molecule has 182 valence electrons. The molecule has 0 spiro atoms. The first kappa shape index (κ1) is 24.8. The molecule has 1 saturated carbocycles. The van der Waals surface area contributed by atoms with E-state index < -0.39 is 47.1 Å². The minimum Gasteiger partial charge on any atom is -0.462 e. The predicted molar refractivity (Wildman–Crippen MR) is 132 cm³/mol. The number of pyridine rings is 1. The SMILES string of the molecule is CCC1=C(Cl)C(c2ccc(/C=C/[C@H]3C(C)C(F)(F)CC4(C)C(=O)O[C@H](C)[C@@]34C)nc2)=CC=CC1. The first-order valence-corrected chi connectivity index (χ1v) is 12.3. The van der Waals surface area contributed by atoms with Gasteiger partial charge in [-0.1, -0.05) is 62.7 Å². The van der Waals surface area contributed by atoms with Crippen LogP contribution >= 0.6 is 11.6 Å². The zero-order valence-electron chi connectivity index (χ0n) is 20.4. The molecule has 0 N–H and O–H groups in total. The van der Waals surface area contributed by atoms with Crippen LogP contribution in [0.4, 0.5) is 8.78 Å². The van der Waals surface area contributed by atoms with Crippen molar-refractivity contribution in [2.75, 3.05) is 0 Å². The number of aromatic nitrogens is 1. The molecule has 0 radical (unpaired) electrons. The highest BCUT2D eigenvalue weighted by Gasteiger charge is 2.72. The van der Waals surface area contributed by atoms with Crippen LogP contribution in [0.5, 0.6) is 0 Å². The number of alkyl halides is 2. The van der Waals surface area contributed by atoms with Gasteiger partial charge >= 0.3 is 5.97 Å². The van der Waals surface area contributed by atoms with E-state index in [1.807, 2.05) is 38.1 Å². The van der Waals surface area contributed by atoms with Gasteiger partial charge in [-0.3, -0.25) is 9.78 Å². The van der Waals surface area contributed by atoms with Crippen LogP contribution in [0.1, 0.15) is 65.1 Å². The number of carbonyl (C=O) groups is 1. The number of nitrogens with zero attached hydrogens (tertiary/aromatic N) is 1. The molecule has 2 aliphatic carbocycles. The average Bonchev–Trinajstić information content (AvgIpc) is 2.91. The Bertz CT molecular complexity index is 1100. The van der Waals surface area contributed by atoms with Crippen LogP contribution in [-0.2, 0) is 9.53 Å². The molecule has 0 aromatic carbocycles. The number of hydrogen-bond acceptors (Lipinski definition) is 3. The molecule has 1 aliphatic heterocycles. The Hall–Kier alpha value is -2.27. The van der Waals surface area contributed by atoms with E-state index in [2.05, 4.69) is 18.0 Å². The van der Waals surface area contributed by atoms with Gasteiger partial charge in [0.05, 0.1) is 11.1 Å². The molecule has 2 heterocycles. The molecule has 5 atom stereocenters. The lowest BCUT2D eigenvalue weighted by Gasteiger charge is -2.53. The van der Waals surface area contributed by atoms with Crippen molar-refractivity contribution in [2.45, 2.75) is 65.9 Å². The number of hydrogen-bond donors (Lipinski definition) is 0. The molecular weight excluding hydrogens is 456 g/mol. The van der Waals surface area contributed by atoms with E-state index in [0.29, 0.717) is 5.69 Å². The van der Waals surface area contributed by atoms with E-state index in [9.17, 15) is 4.79 Å². The van der Waals surface area contributed by atoms with Crippen LogP contribution in [-0.4, -0.2) is 23.0 Å². The Morgan fingerprint density at radius 1 is 1.26 bits per heavy atom. The molecule has 3 aliphatic rings. The van der Waals surface area contributed by atoms with Crippen molar-refractivity contribution >= 4 is 29.2 Å². The average molecular weight is 488 g/mol. The Balaban J connectivity index is 1.65. The number of ether oxygens (including phenoxy) is 1. The molecule has 0 amide bonds. The van der Waals surface area contributed by atoms with Crippen molar-refractivity contribution in [2.24, 2.45) is 22.7 Å². The third kappa shape index (κ3) is 3.77. The number of carbonyl (C=O) groups excluding carboxylic acids is 1. The third-order valence-corrected chi connectivity index (χ3v) is 9.03. The lowest BCUT2D eigenvalue weighted by atomic mass is 9.49. The minimum absolute atomic E-state index is 0.453. The van der Waals surface area contributed by atoms with Gasteiger partial charge in [-0.2, -0.15) is 0 Å². The molecular formula is C28H32ClF2NO2. The second kappa shape index (κ2) is 8.75. The molecule has 2 fully saturated rings. The molecule has 1 aromatic heterocycles. The Labute approximate surface area is 205 Å². The van der Waals surface area contributed by atoms with Gasteiger partial charge in [-0.05, 0) is 50.3 Å². The molecule has 1 saturated heterocycles. The number of halogens is 3. The fraction of sp³-hybridized carbons (Fsp3) is 0.500. The highest BCUT2D eigenvalue weighted by atomic mass is 35.5. The molecule has 1 aromatic rings.